The lowest BCUT2D eigenvalue weighted by atomic mass is 10.1. The normalized spacial score (nSPS) is 23.6. The molecule has 0 saturated carbocycles. The number of rotatable bonds is 4. The Hall–Kier alpha value is -1.43. The number of nitrogens with two attached hydrogens (primary N) is 1. The first-order valence-electron chi connectivity index (χ1n) is 6.60. The molecule has 2 rings (SSSR count). The second-order valence-electron chi connectivity index (χ2n) is 4.86. The van der Waals surface area contributed by atoms with E-state index in [1.807, 2.05) is 4.90 Å². The Kier molecular flexibility index (Phi) is 3.96. The molecule has 2 N–H and O–H groups in total. The summed E-state index contributed by atoms with van der Waals surface area (Å²) in [6.07, 6.45) is 4.83. The van der Waals surface area contributed by atoms with E-state index < -0.39 is 0 Å². The van der Waals surface area contributed by atoms with E-state index >= 15 is 0 Å². The van der Waals surface area contributed by atoms with Gasteiger partial charge in [-0.1, -0.05) is 12.1 Å². The van der Waals surface area contributed by atoms with Gasteiger partial charge in [0.25, 0.3) is 5.91 Å². The van der Waals surface area contributed by atoms with E-state index in [0.29, 0.717) is 30.9 Å². The summed E-state index contributed by atoms with van der Waals surface area (Å²) in [4.78, 5) is 14.4. The maximum atomic E-state index is 12.4. The molecule has 1 aliphatic heterocycles. The number of carbonyl (C=O) groups excluding carboxylic acids is 1. The van der Waals surface area contributed by atoms with Crippen molar-refractivity contribution in [1.29, 1.82) is 0 Å². The van der Waals surface area contributed by atoms with Crippen LogP contribution in [0.1, 0.15) is 43.6 Å². The maximum absolute atomic E-state index is 12.4. The van der Waals surface area contributed by atoms with Crippen LogP contribution in [0.2, 0.25) is 0 Å². The molecule has 0 radical (unpaired) electrons. The molecule has 18 heavy (non-hydrogen) atoms. The van der Waals surface area contributed by atoms with Gasteiger partial charge in [-0.05, 0) is 26.2 Å². The molecular formula is C12H21N5O. The van der Waals surface area contributed by atoms with Crippen molar-refractivity contribution in [1.82, 2.24) is 19.9 Å². The molecule has 1 fully saturated rings. The van der Waals surface area contributed by atoms with Crippen molar-refractivity contribution in [2.24, 2.45) is 5.73 Å². The van der Waals surface area contributed by atoms with Gasteiger partial charge in [-0.25, -0.2) is 0 Å². The first-order chi connectivity index (χ1) is 8.67. The van der Waals surface area contributed by atoms with Gasteiger partial charge >= 0.3 is 0 Å². The highest BCUT2D eigenvalue weighted by atomic mass is 16.2. The third-order valence-electron chi connectivity index (χ3n) is 3.61. The number of nitrogens with zero attached hydrogens (tertiary/aromatic N) is 4. The van der Waals surface area contributed by atoms with E-state index in [-0.39, 0.29) is 5.91 Å². The average Bonchev–Trinajstić information content (AvgIpc) is 2.95. The number of hydrogen-bond donors (Lipinski definition) is 1. The molecule has 1 saturated heterocycles. The summed E-state index contributed by atoms with van der Waals surface area (Å²) in [7, 11) is 0. The van der Waals surface area contributed by atoms with Crippen LogP contribution in [0.15, 0.2) is 6.20 Å². The quantitative estimate of drug-likeness (QED) is 0.852. The summed E-state index contributed by atoms with van der Waals surface area (Å²) in [6.45, 7) is 5.30. The molecule has 6 nitrogen and oxygen atoms in total. The number of likely N-dealkylation sites (tertiary alicyclic amines) is 1. The molecule has 1 aromatic rings. The lowest BCUT2D eigenvalue weighted by Crippen LogP contribution is -2.39. The van der Waals surface area contributed by atoms with Crippen LogP contribution in [0.3, 0.4) is 0 Å². The summed E-state index contributed by atoms with van der Waals surface area (Å²) >= 11 is 0. The molecule has 2 atom stereocenters. The fraction of sp³-hybridized carbons (Fsp3) is 0.750. The zero-order valence-corrected chi connectivity index (χ0v) is 11.0. The first kappa shape index (κ1) is 13.0. The lowest BCUT2D eigenvalue weighted by Gasteiger charge is -2.26. The van der Waals surface area contributed by atoms with Crippen molar-refractivity contribution < 1.29 is 4.79 Å². The molecule has 1 aliphatic rings. The predicted octanol–water partition coefficient (Wildman–Crippen LogP) is 0.640. The molecule has 100 valence electrons. The predicted molar refractivity (Wildman–Crippen MR) is 68.0 cm³/mol. The van der Waals surface area contributed by atoms with Crippen molar-refractivity contribution in [2.75, 3.05) is 6.54 Å². The number of aromatic nitrogens is 3. The van der Waals surface area contributed by atoms with Crippen molar-refractivity contribution in [3.05, 3.63) is 11.9 Å². The summed E-state index contributed by atoms with van der Waals surface area (Å²) in [5.41, 5.74) is 5.88. The summed E-state index contributed by atoms with van der Waals surface area (Å²) in [5, 5.41) is 7.86. The van der Waals surface area contributed by atoms with Crippen LogP contribution in [0, 0.1) is 0 Å². The first-order valence-corrected chi connectivity index (χ1v) is 6.60. The highest BCUT2D eigenvalue weighted by Crippen LogP contribution is 2.27. The Balaban J connectivity index is 2.13. The number of hydrogen-bond acceptors (Lipinski definition) is 4. The minimum absolute atomic E-state index is 0.00452. The van der Waals surface area contributed by atoms with Crippen LogP contribution >= 0.6 is 0 Å². The highest BCUT2D eigenvalue weighted by molar-refractivity contribution is 5.92. The van der Waals surface area contributed by atoms with Crippen molar-refractivity contribution >= 4 is 5.91 Å². The van der Waals surface area contributed by atoms with Gasteiger partial charge in [0.2, 0.25) is 0 Å². The standard InChI is InChI=1S/C12H21N5O/c1-3-10-5-4-9(2)17(10)12(18)11-8-16(7-6-13)15-14-11/h8-10H,3-7,13H2,1-2H3. The largest absolute Gasteiger partial charge is 0.332 e. The molecule has 1 amide bonds. The van der Waals surface area contributed by atoms with E-state index in [4.69, 9.17) is 5.73 Å². The Morgan fingerprint density at radius 3 is 3.00 bits per heavy atom. The molecule has 2 unspecified atom stereocenters. The van der Waals surface area contributed by atoms with E-state index in [1.54, 1.807) is 10.9 Å². The molecule has 1 aromatic heterocycles. The van der Waals surface area contributed by atoms with Crippen molar-refractivity contribution in [2.45, 2.75) is 51.7 Å². The maximum Gasteiger partial charge on any atom is 0.276 e. The molecule has 0 bridgehead atoms. The molecule has 0 spiro atoms. The second-order valence-corrected chi connectivity index (χ2v) is 4.86. The Labute approximate surface area is 107 Å². The summed E-state index contributed by atoms with van der Waals surface area (Å²) in [5.74, 6) is -0.00452. The molecule has 2 heterocycles. The fourth-order valence-electron chi connectivity index (χ4n) is 2.61. The van der Waals surface area contributed by atoms with Gasteiger partial charge in [0.15, 0.2) is 5.69 Å². The van der Waals surface area contributed by atoms with Crippen LogP contribution in [0.4, 0.5) is 0 Å². The third kappa shape index (κ3) is 2.38. The zero-order valence-electron chi connectivity index (χ0n) is 11.0. The fourth-order valence-corrected chi connectivity index (χ4v) is 2.61. The van der Waals surface area contributed by atoms with Crippen LogP contribution in [-0.2, 0) is 6.54 Å². The Morgan fingerprint density at radius 1 is 1.56 bits per heavy atom. The molecule has 6 heteroatoms. The minimum atomic E-state index is -0.00452. The third-order valence-corrected chi connectivity index (χ3v) is 3.61. The molecule has 0 aromatic carbocycles. The van der Waals surface area contributed by atoms with Crippen molar-refractivity contribution in [3.63, 3.8) is 0 Å². The monoisotopic (exact) mass is 251 g/mol. The Bertz CT molecular complexity index is 416. The smallest absolute Gasteiger partial charge is 0.276 e. The topological polar surface area (TPSA) is 77.0 Å². The average molecular weight is 251 g/mol. The molecule has 0 aliphatic carbocycles. The van der Waals surface area contributed by atoms with Gasteiger partial charge in [-0.2, -0.15) is 0 Å². The van der Waals surface area contributed by atoms with E-state index in [1.165, 1.54) is 0 Å². The van der Waals surface area contributed by atoms with Gasteiger partial charge in [0.05, 0.1) is 12.7 Å². The van der Waals surface area contributed by atoms with Crippen LogP contribution in [0.25, 0.3) is 0 Å². The number of amides is 1. The zero-order chi connectivity index (χ0) is 13.1. The van der Waals surface area contributed by atoms with Gasteiger partial charge in [0.1, 0.15) is 0 Å². The minimum Gasteiger partial charge on any atom is -0.332 e. The Morgan fingerprint density at radius 2 is 2.33 bits per heavy atom. The summed E-state index contributed by atoms with van der Waals surface area (Å²) < 4.78 is 1.62. The highest BCUT2D eigenvalue weighted by Gasteiger charge is 2.34. The summed E-state index contributed by atoms with van der Waals surface area (Å²) in [6, 6.07) is 0.634. The van der Waals surface area contributed by atoms with E-state index in [9.17, 15) is 4.79 Å². The van der Waals surface area contributed by atoms with Crippen LogP contribution < -0.4 is 5.73 Å². The van der Waals surface area contributed by atoms with Crippen molar-refractivity contribution in [3.8, 4) is 0 Å². The SMILES string of the molecule is CCC1CCC(C)N1C(=O)c1cn(CCN)nn1. The van der Waals surface area contributed by atoms with Crippen LogP contribution in [-0.4, -0.2) is 44.4 Å². The van der Waals surface area contributed by atoms with Gasteiger partial charge in [0, 0.05) is 18.6 Å². The van der Waals surface area contributed by atoms with E-state index in [2.05, 4.69) is 24.2 Å². The number of carbonyl (C=O) groups is 1. The van der Waals surface area contributed by atoms with Crippen LogP contribution in [0.5, 0.6) is 0 Å². The second kappa shape index (κ2) is 5.48. The molecular weight excluding hydrogens is 230 g/mol. The van der Waals surface area contributed by atoms with Gasteiger partial charge in [-0.3, -0.25) is 9.48 Å². The lowest BCUT2D eigenvalue weighted by molar-refractivity contribution is 0.0670. The van der Waals surface area contributed by atoms with Gasteiger partial charge < -0.3 is 10.6 Å². The van der Waals surface area contributed by atoms with Gasteiger partial charge in [-0.15, -0.1) is 5.10 Å². The van der Waals surface area contributed by atoms with E-state index in [0.717, 1.165) is 19.3 Å².